The standard InChI is InChI=1S/C14H17F3N2O2/c1-2-13(10-6-4-3-5-7-10)11(14(15,16)17)19(12(18)20)8-9-21-13/h3-7,11H,2,8-9H2,1H3,(H2,18,20). The maximum absolute atomic E-state index is 13.6. The molecule has 0 aromatic heterocycles. The third-order valence-electron chi connectivity index (χ3n) is 3.83. The molecule has 7 heteroatoms. The first-order valence-electron chi connectivity index (χ1n) is 6.65. The fourth-order valence-corrected chi connectivity index (χ4v) is 2.93. The number of halogens is 3. The number of primary amides is 1. The molecule has 1 aromatic rings. The lowest BCUT2D eigenvalue weighted by atomic mass is 9.81. The fraction of sp³-hybridized carbons (Fsp3) is 0.500. The van der Waals surface area contributed by atoms with Gasteiger partial charge in [-0.25, -0.2) is 4.79 Å². The molecule has 21 heavy (non-hydrogen) atoms. The minimum Gasteiger partial charge on any atom is -0.366 e. The van der Waals surface area contributed by atoms with Crippen LogP contribution in [0.5, 0.6) is 0 Å². The van der Waals surface area contributed by atoms with Crippen molar-refractivity contribution in [1.82, 2.24) is 4.90 Å². The Kier molecular flexibility index (Phi) is 4.13. The molecule has 0 spiro atoms. The molecule has 2 atom stereocenters. The first kappa shape index (κ1) is 15.6. The largest absolute Gasteiger partial charge is 0.412 e. The van der Waals surface area contributed by atoms with Gasteiger partial charge in [0.25, 0.3) is 0 Å². The molecule has 1 aliphatic rings. The average Bonchev–Trinajstić information content (AvgIpc) is 2.46. The minimum atomic E-state index is -4.64. The Balaban J connectivity index is 2.58. The van der Waals surface area contributed by atoms with Gasteiger partial charge in [-0.1, -0.05) is 37.3 Å². The van der Waals surface area contributed by atoms with Crippen LogP contribution in [0.15, 0.2) is 30.3 Å². The highest BCUT2D eigenvalue weighted by Crippen LogP contribution is 2.45. The van der Waals surface area contributed by atoms with E-state index in [1.165, 1.54) is 0 Å². The van der Waals surface area contributed by atoms with Gasteiger partial charge in [0.05, 0.1) is 6.61 Å². The predicted octanol–water partition coefficient (Wildman–Crippen LogP) is 2.63. The summed E-state index contributed by atoms with van der Waals surface area (Å²) in [6.45, 7) is 1.45. The van der Waals surface area contributed by atoms with Crippen LogP contribution in [0.2, 0.25) is 0 Å². The molecule has 2 unspecified atom stereocenters. The van der Waals surface area contributed by atoms with Gasteiger partial charge in [-0.15, -0.1) is 0 Å². The number of amides is 2. The van der Waals surface area contributed by atoms with E-state index in [-0.39, 0.29) is 19.6 Å². The van der Waals surface area contributed by atoms with Crippen LogP contribution >= 0.6 is 0 Å². The highest BCUT2D eigenvalue weighted by Gasteiger charge is 2.60. The monoisotopic (exact) mass is 302 g/mol. The Bertz CT molecular complexity index is 507. The molecule has 0 bridgehead atoms. The van der Waals surface area contributed by atoms with Crippen molar-refractivity contribution < 1.29 is 22.7 Å². The Morgan fingerprint density at radius 3 is 2.52 bits per heavy atom. The molecule has 0 saturated carbocycles. The van der Waals surface area contributed by atoms with E-state index in [0.717, 1.165) is 0 Å². The van der Waals surface area contributed by atoms with Crippen molar-refractivity contribution in [3.63, 3.8) is 0 Å². The summed E-state index contributed by atoms with van der Waals surface area (Å²) >= 11 is 0. The van der Waals surface area contributed by atoms with Crippen molar-refractivity contribution in [3.8, 4) is 0 Å². The number of carbonyl (C=O) groups is 1. The first-order chi connectivity index (χ1) is 9.83. The van der Waals surface area contributed by atoms with Crippen molar-refractivity contribution >= 4 is 6.03 Å². The number of nitrogens with zero attached hydrogens (tertiary/aromatic N) is 1. The Labute approximate surface area is 120 Å². The van der Waals surface area contributed by atoms with Crippen LogP contribution in [0, 0.1) is 0 Å². The van der Waals surface area contributed by atoms with Crippen molar-refractivity contribution in [1.29, 1.82) is 0 Å². The number of morpholine rings is 1. The van der Waals surface area contributed by atoms with Gasteiger partial charge >= 0.3 is 12.2 Å². The maximum atomic E-state index is 13.6. The number of rotatable bonds is 2. The molecule has 0 radical (unpaired) electrons. The molecular formula is C14H17F3N2O2. The summed E-state index contributed by atoms with van der Waals surface area (Å²) in [6, 6.07) is 4.97. The average molecular weight is 302 g/mol. The lowest BCUT2D eigenvalue weighted by molar-refractivity contribution is -0.262. The minimum absolute atomic E-state index is 0.0122. The van der Waals surface area contributed by atoms with E-state index in [0.29, 0.717) is 10.5 Å². The normalized spacial score (nSPS) is 26.7. The SMILES string of the molecule is CCC1(c2ccccc2)OCCN(C(N)=O)C1C(F)(F)F. The van der Waals surface area contributed by atoms with Gasteiger partial charge in [0.15, 0.2) is 6.04 Å². The number of nitrogens with two attached hydrogens (primary N) is 1. The van der Waals surface area contributed by atoms with Crippen LogP contribution in [0.25, 0.3) is 0 Å². The molecule has 1 aliphatic heterocycles. The summed E-state index contributed by atoms with van der Waals surface area (Å²) in [5, 5.41) is 0. The lowest BCUT2D eigenvalue weighted by Crippen LogP contribution is -2.66. The Hall–Kier alpha value is -1.76. The molecule has 0 aliphatic carbocycles. The number of ether oxygens (including phenoxy) is 1. The summed E-state index contributed by atoms with van der Waals surface area (Å²) in [4.78, 5) is 12.1. The van der Waals surface area contributed by atoms with Crippen LogP contribution < -0.4 is 5.73 Å². The fourth-order valence-electron chi connectivity index (χ4n) is 2.93. The van der Waals surface area contributed by atoms with Gasteiger partial charge in [-0.3, -0.25) is 0 Å². The van der Waals surface area contributed by atoms with E-state index in [2.05, 4.69) is 0 Å². The van der Waals surface area contributed by atoms with E-state index >= 15 is 0 Å². The first-order valence-corrected chi connectivity index (χ1v) is 6.65. The van der Waals surface area contributed by atoms with Crippen molar-refractivity contribution in [2.45, 2.75) is 31.2 Å². The molecule has 1 fully saturated rings. The van der Waals surface area contributed by atoms with Crippen molar-refractivity contribution in [3.05, 3.63) is 35.9 Å². The van der Waals surface area contributed by atoms with Crippen LogP contribution in [0.3, 0.4) is 0 Å². The molecule has 2 rings (SSSR count). The molecule has 116 valence electrons. The van der Waals surface area contributed by atoms with E-state index < -0.39 is 23.9 Å². The predicted molar refractivity (Wildman–Crippen MR) is 70.5 cm³/mol. The zero-order chi connectivity index (χ0) is 15.7. The Morgan fingerprint density at radius 2 is 2.05 bits per heavy atom. The zero-order valence-corrected chi connectivity index (χ0v) is 11.6. The van der Waals surface area contributed by atoms with Gasteiger partial charge < -0.3 is 15.4 Å². The number of hydrogen-bond donors (Lipinski definition) is 1. The molecule has 2 amide bonds. The van der Waals surface area contributed by atoms with Crippen molar-refractivity contribution in [2.75, 3.05) is 13.2 Å². The number of alkyl halides is 3. The van der Waals surface area contributed by atoms with Gasteiger partial charge in [-0.05, 0) is 12.0 Å². The summed E-state index contributed by atoms with van der Waals surface area (Å²) in [6.07, 6.45) is -4.56. The Morgan fingerprint density at radius 1 is 1.43 bits per heavy atom. The molecule has 1 saturated heterocycles. The molecule has 1 aromatic carbocycles. The smallest absolute Gasteiger partial charge is 0.366 e. The van der Waals surface area contributed by atoms with E-state index in [4.69, 9.17) is 10.5 Å². The van der Waals surface area contributed by atoms with Crippen LogP contribution in [-0.4, -0.2) is 36.3 Å². The summed E-state index contributed by atoms with van der Waals surface area (Å²) in [7, 11) is 0. The summed E-state index contributed by atoms with van der Waals surface area (Å²) < 4.78 is 46.3. The second-order valence-electron chi connectivity index (χ2n) is 4.93. The van der Waals surface area contributed by atoms with Gasteiger partial charge in [-0.2, -0.15) is 13.2 Å². The van der Waals surface area contributed by atoms with Gasteiger partial charge in [0.1, 0.15) is 5.60 Å². The molecular weight excluding hydrogens is 285 g/mol. The summed E-state index contributed by atoms with van der Waals surface area (Å²) in [5.74, 6) is 0. The number of benzene rings is 1. The number of urea groups is 1. The van der Waals surface area contributed by atoms with Crippen LogP contribution in [0.4, 0.5) is 18.0 Å². The van der Waals surface area contributed by atoms with E-state index in [1.54, 1.807) is 37.3 Å². The number of carbonyl (C=O) groups excluding carboxylic acids is 1. The zero-order valence-electron chi connectivity index (χ0n) is 11.6. The molecule has 1 heterocycles. The van der Waals surface area contributed by atoms with Gasteiger partial charge in [0.2, 0.25) is 0 Å². The third-order valence-corrected chi connectivity index (χ3v) is 3.83. The quantitative estimate of drug-likeness (QED) is 0.913. The summed E-state index contributed by atoms with van der Waals surface area (Å²) in [5.41, 5.74) is 3.90. The highest BCUT2D eigenvalue weighted by molar-refractivity contribution is 5.73. The van der Waals surface area contributed by atoms with Gasteiger partial charge in [0, 0.05) is 6.54 Å². The molecule has 4 nitrogen and oxygen atoms in total. The van der Waals surface area contributed by atoms with Crippen LogP contribution in [-0.2, 0) is 10.3 Å². The highest BCUT2D eigenvalue weighted by atomic mass is 19.4. The second kappa shape index (κ2) is 5.55. The number of hydrogen-bond acceptors (Lipinski definition) is 2. The van der Waals surface area contributed by atoms with E-state index in [9.17, 15) is 18.0 Å². The van der Waals surface area contributed by atoms with Crippen molar-refractivity contribution in [2.24, 2.45) is 5.73 Å². The van der Waals surface area contributed by atoms with E-state index in [1.807, 2.05) is 0 Å². The van der Waals surface area contributed by atoms with Crippen LogP contribution in [0.1, 0.15) is 18.9 Å². The lowest BCUT2D eigenvalue weighted by Gasteiger charge is -2.49. The third kappa shape index (κ3) is 2.70. The maximum Gasteiger partial charge on any atom is 0.412 e. The molecule has 2 N–H and O–H groups in total. The topological polar surface area (TPSA) is 55.6 Å². The second-order valence-corrected chi connectivity index (χ2v) is 4.93.